The number of para-hydroxylation sites is 1. The van der Waals surface area contributed by atoms with E-state index in [1.165, 1.54) is 7.11 Å². The molecule has 0 radical (unpaired) electrons. The van der Waals surface area contributed by atoms with Gasteiger partial charge in [0, 0.05) is 13.6 Å². The predicted octanol–water partition coefficient (Wildman–Crippen LogP) is 3.80. The van der Waals surface area contributed by atoms with E-state index in [-0.39, 0.29) is 29.7 Å². The summed E-state index contributed by atoms with van der Waals surface area (Å²) in [6, 6.07) is 13.3. The van der Waals surface area contributed by atoms with Crippen molar-refractivity contribution in [1.29, 1.82) is 0 Å². The number of nitrogens with zero attached hydrogens (tertiary/aromatic N) is 2. The fourth-order valence-electron chi connectivity index (χ4n) is 2.59. The number of nitrogens with one attached hydrogen (secondary N) is 1. The van der Waals surface area contributed by atoms with Gasteiger partial charge < -0.3 is 24.8 Å². The number of aryl methyl sites for hydroxylation is 1. The Labute approximate surface area is 184 Å². The number of benzene rings is 2. The second-order valence-electron chi connectivity index (χ2n) is 6.21. The molecule has 0 aromatic heterocycles. The topological polar surface area (TPSA) is 66.3 Å². The van der Waals surface area contributed by atoms with Gasteiger partial charge in [-0.2, -0.15) is 0 Å². The van der Waals surface area contributed by atoms with Crippen LogP contribution in [0.1, 0.15) is 18.1 Å². The molecule has 0 unspecified atom stereocenters. The van der Waals surface area contributed by atoms with Crippen molar-refractivity contribution in [3.63, 3.8) is 0 Å². The van der Waals surface area contributed by atoms with Crippen LogP contribution in [0.25, 0.3) is 0 Å². The van der Waals surface area contributed by atoms with Gasteiger partial charge in [-0.15, -0.1) is 24.0 Å². The molecule has 0 aliphatic carbocycles. The zero-order valence-corrected chi connectivity index (χ0v) is 19.3. The monoisotopic (exact) mass is 499 g/mol. The minimum absolute atomic E-state index is 0. The van der Waals surface area contributed by atoms with Gasteiger partial charge in [0.1, 0.15) is 12.4 Å². The average Bonchev–Trinajstić information content (AvgIpc) is 2.66. The Hall–Kier alpha value is -2.16. The first kappa shape index (κ1) is 23.9. The highest BCUT2D eigenvalue weighted by Crippen LogP contribution is 2.26. The zero-order valence-electron chi connectivity index (χ0n) is 16.9. The number of hydrogen-bond donors (Lipinski definition) is 2. The van der Waals surface area contributed by atoms with E-state index < -0.39 is 0 Å². The normalized spacial score (nSPS) is 10.8. The van der Waals surface area contributed by atoms with Gasteiger partial charge in [-0.3, -0.25) is 0 Å². The largest absolute Gasteiger partial charge is 0.504 e. The fraction of sp³-hybridized carbons (Fsp3) is 0.381. The summed E-state index contributed by atoms with van der Waals surface area (Å²) in [7, 11) is 3.51. The third-order valence-corrected chi connectivity index (χ3v) is 4.13. The third-order valence-electron chi connectivity index (χ3n) is 4.13. The lowest BCUT2D eigenvalue weighted by atomic mass is 10.2. The van der Waals surface area contributed by atoms with E-state index in [1.807, 2.05) is 56.1 Å². The van der Waals surface area contributed by atoms with Gasteiger partial charge in [0.15, 0.2) is 17.5 Å². The molecular formula is C21H30IN3O3. The number of hydrogen-bond acceptors (Lipinski definition) is 4. The number of aliphatic imine (C=N–C) groups is 1. The van der Waals surface area contributed by atoms with E-state index in [0.717, 1.165) is 29.4 Å². The first-order valence-corrected chi connectivity index (χ1v) is 9.09. The van der Waals surface area contributed by atoms with E-state index in [4.69, 9.17) is 9.47 Å². The van der Waals surface area contributed by atoms with Gasteiger partial charge in [0.25, 0.3) is 0 Å². The maximum Gasteiger partial charge on any atom is 0.194 e. The van der Waals surface area contributed by atoms with E-state index in [9.17, 15) is 5.11 Å². The molecule has 0 amide bonds. The molecule has 0 fully saturated rings. The molecule has 6 nitrogen and oxygen atoms in total. The number of ether oxygens (including phenoxy) is 2. The zero-order chi connectivity index (χ0) is 19.6. The standard InChI is InChI=1S/C21H29N3O3.HI/c1-5-22-21(23-15-17-10-11-20(26-4)18(25)14-17)24(3)12-13-27-19-9-7-6-8-16(19)2;/h6-11,14,25H,5,12-13,15H2,1-4H3,(H,22,23);1H. The average molecular weight is 499 g/mol. The lowest BCUT2D eigenvalue weighted by Crippen LogP contribution is -2.40. The summed E-state index contributed by atoms with van der Waals surface area (Å²) in [5.41, 5.74) is 2.04. The van der Waals surface area contributed by atoms with Crippen molar-refractivity contribution in [2.75, 3.05) is 33.9 Å². The molecule has 2 N–H and O–H groups in total. The summed E-state index contributed by atoms with van der Waals surface area (Å²) < 4.78 is 10.9. The second kappa shape index (κ2) is 12.3. The van der Waals surface area contributed by atoms with Crippen LogP contribution in [0.2, 0.25) is 0 Å². The molecule has 28 heavy (non-hydrogen) atoms. The number of halogens is 1. The van der Waals surface area contributed by atoms with Gasteiger partial charge in [-0.1, -0.05) is 24.3 Å². The molecule has 2 aromatic rings. The molecular weight excluding hydrogens is 469 g/mol. The van der Waals surface area contributed by atoms with Crippen LogP contribution in [0.5, 0.6) is 17.2 Å². The molecule has 2 aromatic carbocycles. The lowest BCUT2D eigenvalue weighted by Gasteiger charge is -2.22. The van der Waals surface area contributed by atoms with Crippen molar-refractivity contribution in [3.05, 3.63) is 53.6 Å². The van der Waals surface area contributed by atoms with Crippen molar-refractivity contribution < 1.29 is 14.6 Å². The molecule has 0 atom stereocenters. The molecule has 0 heterocycles. The van der Waals surface area contributed by atoms with Crippen molar-refractivity contribution in [2.45, 2.75) is 20.4 Å². The van der Waals surface area contributed by atoms with Crippen LogP contribution in [-0.2, 0) is 6.54 Å². The maximum absolute atomic E-state index is 9.90. The van der Waals surface area contributed by atoms with Crippen LogP contribution < -0.4 is 14.8 Å². The first-order chi connectivity index (χ1) is 13.0. The Kier molecular flexibility index (Phi) is 10.5. The second-order valence-corrected chi connectivity index (χ2v) is 6.21. The summed E-state index contributed by atoms with van der Waals surface area (Å²) in [6.45, 7) is 6.57. The van der Waals surface area contributed by atoms with Gasteiger partial charge in [-0.25, -0.2) is 4.99 Å². The Bertz CT molecular complexity index is 768. The third kappa shape index (κ3) is 7.10. The molecule has 0 spiro atoms. The molecule has 0 aliphatic heterocycles. The summed E-state index contributed by atoms with van der Waals surface area (Å²) in [6.07, 6.45) is 0. The van der Waals surface area contributed by atoms with Crippen molar-refractivity contribution in [3.8, 4) is 17.2 Å². The summed E-state index contributed by atoms with van der Waals surface area (Å²) >= 11 is 0. The SMILES string of the molecule is CCNC(=NCc1ccc(OC)c(O)c1)N(C)CCOc1ccccc1C.I. The van der Waals surface area contributed by atoms with Crippen LogP contribution >= 0.6 is 24.0 Å². The highest BCUT2D eigenvalue weighted by molar-refractivity contribution is 14.0. The maximum atomic E-state index is 9.90. The van der Waals surface area contributed by atoms with Crippen LogP contribution in [0, 0.1) is 6.92 Å². The van der Waals surface area contributed by atoms with Crippen LogP contribution in [-0.4, -0.2) is 49.8 Å². The van der Waals surface area contributed by atoms with Gasteiger partial charge in [0.05, 0.1) is 20.2 Å². The predicted molar refractivity (Wildman–Crippen MR) is 124 cm³/mol. The van der Waals surface area contributed by atoms with Gasteiger partial charge >= 0.3 is 0 Å². The Morgan fingerprint density at radius 2 is 1.93 bits per heavy atom. The smallest absolute Gasteiger partial charge is 0.194 e. The number of guanidine groups is 1. The van der Waals surface area contributed by atoms with E-state index in [0.29, 0.717) is 25.4 Å². The van der Waals surface area contributed by atoms with Gasteiger partial charge in [-0.05, 0) is 43.2 Å². The van der Waals surface area contributed by atoms with Crippen LogP contribution in [0.3, 0.4) is 0 Å². The lowest BCUT2D eigenvalue weighted by molar-refractivity contribution is 0.280. The Morgan fingerprint density at radius 3 is 2.57 bits per heavy atom. The number of aromatic hydroxyl groups is 1. The summed E-state index contributed by atoms with van der Waals surface area (Å²) in [5.74, 6) is 2.28. The quantitative estimate of drug-likeness (QED) is 0.329. The fourth-order valence-corrected chi connectivity index (χ4v) is 2.59. The minimum atomic E-state index is 0. The molecule has 154 valence electrons. The van der Waals surface area contributed by atoms with E-state index in [1.54, 1.807) is 12.1 Å². The molecule has 0 aliphatic rings. The molecule has 0 bridgehead atoms. The van der Waals surface area contributed by atoms with Crippen LogP contribution in [0.4, 0.5) is 0 Å². The molecule has 2 rings (SSSR count). The molecule has 0 saturated heterocycles. The molecule has 0 saturated carbocycles. The van der Waals surface area contributed by atoms with Crippen molar-refractivity contribution in [2.24, 2.45) is 4.99 Å². The highest BCUT2D eigenvalue weighted by atomic mass is 127. The number of phenolic OH excluding ortho intramolecular Hbond substituents is 1. The number of likely N-dealkylation sites (N-methyl/N-ethyl adjacent to an activating group) is 1. The van der Waals surface area contributed by atoms with Crippen LogP contribution in [0.15, 0.2) is 47.5 Å². The van der Waals surface area contributed by atoms with E-state index in [2.05, 4.69) is 10.3 Å². The first-order valence-electron chi connectivity index (χ1n) is 9.09. The van der Waals surface area contributed by atoms with Crippen molar-refractivity contribution >= 4 is 29.9 Å². The number of rotatable bonds is 8. The summed E-state index contributed by atoms with van der Waals surface area (Å²) in [5, 5.41) is 13.2. The summed E-state index contributed by atoms with van der Waals surface area (Å²) in [4.78, 5) is 6.68. The molecule has 7 heteroatoms. The number of methoxy groups -OCH3 is 1. The minimum Gasteiger partial charge on any atom is -0.504 e. The highest BCUT2D eigenvalue weighted by Gasteiger charge is 2.07. The van der Waals surface area contributed by atoms with Crippen molar-refractivity contribution in [1.82, 2.24) is 10.2 Å². The van der Waals surface area contributed by atoms with E-state index >= 15 is 0 Å². The number of phenols is 1. The Balaban J connectivity index is 0.00000392. The van der Waals surface area contributed by atoms with Gasteiger partial charge in [0.2, 0.25) is 0 Å². The Morgan fingerprint density at radius 1 is 1.18 bits per heavy atom.